The van der Waals surface area contributed by atoms with Crippen LogP contribution in [0.25, 0.3) is 32.8 Å². The van der Waals surface area contributed by atoms with E-state index in [2.05, 4.69) is 46.1 Å². The first-order valence-corrected chi connectivity index (χ1v) is 15.9. The number of aromatic nitrogens is 4. The highest BCUT2D eigenvalue weighted by Crippen LogP contribution is 2.40. The SMILES string of the molecule is CN1CCC[C@H]1COc1nc(N2[C@@H]3CC[C@H]2CN(C(=O)Cn2ccnc2)C3)c2ccc(-c3cc(O)cc4ccccc34)cc2n1. The van der Waals surface area contributed by atoms with Crippen LogP contribution < -0.4 is 9.64 Å². The van der Waals surface area contributed by atoms with Crippen molar-refractivity contribution in [2.45, 2.75) is 50.4 Å². The highest BCUT2D eigenvalue weighted by molar-refractivity contribution is 6.01. The number of ether oxygens (including phenoxy) is 1. The molecule has 2 bridgehead atoms. The van der Waals surface area contributed by atoms with Crippen LogP contribution in [0.4, 0.5) is 5.82 Å². The van der Waals surface area contributed by atoms with Crippen LogP contribution in [0.2, 0.25) is 0 Å². The number of carbonyl (C=O) groups excluding carboxylic acids is 1. The number of aromatic hydroxyl groups is 1. The Hall–Kier alpha value is -4.70. The summed E-state index contributed by atoms with van der Waals surface area (Å²) in [5.74, 6) is 1.22. The molecule has 5 heterocycles. The Kier molecular flexibility index (Phi) is 7.01. The molecule has 230 valence electrons. The maximum Gasteiger partial charge on any atom is 0.319 e. The van der Waals surface area contributed by atoms with Crippen molar-refractivity contribution >= 4 is 33.4 Å². The fraction of sp³-hybridized carbons (Fsp3) is 0.371. The third-order valence-electron chi connectivity index (χ3n) is 9.85. The minimum atomic E-state index is 0.116. The van der Waals surface area contributed by atoms with Crippen molar-refractivity contribution in [2.24, 2.45) is 0 Å². The van der Waals surface area contributed by atoms with E-state index in [1.165, 1.54) is 6.42 Å². The van der Waals surface area contributed by atoms with Gasteiger partial charge in [-0.1, -0.05) is 30.3 Å². The largest absolute Gasteiger partial charge is 0.508 e. The first-order valence-electron chi connectivity index (χ1n) is 15.9. The number of likely N-dealkylation sites (N-methyl/N-ethyl adjacent to an activating group) is 1. The van der Waals surface area contributed by atoms with Crippen molar-refractivity contribution in [1.29, 1.82) is 0 Å². The molecule has 2 aromatic heterocycles. The van der Waals surface area contributed by atoms with E-state index >= 15 is 0 Å². The number of phenolic OH excluding ortho intramolecular Hbond substituents is 1. The summed E-state index contributed by atoms with van der Waals surface area (Å²) in [5, 5.41) is 13.6. The van der Waals surface area contributed by atoms with E-state index in [1.54, 1.807) is 18.6 Å². The first-order chi connectivity index (χ1) is 22.0. The lowest BCUT2D eigenvalue weighted by Crippen LogP contribution is -2.56. The molecule has 0 aliphatic carbocycles. The zero-order valence-corrected chi connectivity index (χ0v) is 25.4. The molecule has 10 heteroatoms. The van der Waals surface area contributed by atoms with E-state index in [-0.39, 0.29) is 23.7 Å². The third kappa shape index (κ3) is 5.22. The average molecular weight is 604 g/mol. The second-order valence-electron chi connectivity index (χ2n) is 12.7. The third-order valence-corrected chi connectivity index (χ3v) is 9.85. The lowest BCUT2D eigenvalue weighted by molar-refractivity contribution is -0.132. The summed E-state index contributed by atoms with van der Waals surface area (Å²) in [5.41, 5.74) is 2.73. The second-order valence-corrected chi connectivity index (χ2v) is 12.7. The van der Waals surface area contributed by atoms with Gasteiger partial charge in [0.25, 0.3) is 0 Å². The summed E-state index contributed by atoms with van der Waals surface area (Å²) >= 11 is 0. The van der Waals surface area contributed by atoms with Crippen molar-refractivity contribution in [2.75, 3.05) is 38.2 Å². The van der Waals surface area contributed by atoms with Crippen LogP contribution in [-0.2, 0) is 11.3 Å². The van der Waals surface area contributed by atoms with Gasteiger partial charge in [-0.05, 0) is 85.4 Å². The molecule has 5 aromatic rings. The number of hydrogen-bond acceptors (Lipinski definition) is 8. The van der Waals surface area contributed by atoms with E-state index in [9.17, 15) is 9.90 Å². The van der Waals surface area contributed by atoms with Gasteiger partial charge in [-0.2, -0.15) is 9.97 Å². The van der Waals surface area contributed by atoms with Crippen LogP contribution in [0.5, 0.6) is 11.8 Å². The predicted octanol–water partition coefficient (Wildman–Crippen LogP) is 4.70. The molecule has 0 spiro atoms. The number of fused-ring (bicyclic) bond motifs is 4. The number of likely N-dealkylation sites (tertiary alicyclic amines) is 2. The van der Waals surface area contributed by atoms with Crippen LogP contribution >= 0.6 is 0 Å². The molecule has 3 aliphatic heterocycles. The van der Waals surface area contributed by atoms with E-state index in [0.29, 0.717) is 38.3 Å². The Labute approximate surface area is 261 Å². The molecule has 3 aliphatic rings. The lowest BCUT2D eigenvalue weighted by atomic mass is 9.97. The number of anilines is 1. The fourth-order valence-corrected chi connectivity index (χ4v) is 7.50. The smallest absolute Gasteiger partial charge is 0.319 e. The second kappa shape index (κ2) is 11.3. The van der Waals surface area contributed by atoms with E-state index in [4.69, 9.17) is 14.7 Å². The molecule has 0 unspecified atom stereocenters. The van der Waals surface area contributed by atoms with Crippen molar-refractivity contribution in [3.63, 3.8) is 0 Å². The topological polar surface area (TPSA) is 99.9 Å². The number of piperazine rings is 1. The molecule has 0 saturated carbocycles. The van der Waals surface area contributed by atoms with Crippen molar-refractivity contribution < 1.29 is 14.6 Å². The molecule has 1 N–H and O–H groups in total. The number of imidazole rings is 1. The quantitative estimate of drug-likeness (QED) is 0.286. The highest BCUT2D eigenvalue weighted by atomic mass is 16.5. The summed E-state index contributed by atoms with van der Waals surface area (Å²) in [6, 6.07) is 19.0. The summed E-state index contributed by atoms with van der Waals surface area (Å²) in [6.07, 6.45) is 9.49. The number of rotatable bonds is 7. The number of benzene rings is 3. The molecule has 10 nitrogen and oxygen atoms in total. The van der Waals surface area contributed by atoms with Crippen LogP contribution in [0, 0.1) is 0 Å². The van der Waals surface area contributed by atoms with Gasteiger partial charge in [0.05, 0.1) is 11.8 Å². The average Bonchev–Trinajstić information content (AvgIpc) is 3.78. The first kappa shape index (κ1) is 27.8. The molecule has 8 rings (SSSR count). The van der Waals surface area contributed by atoms with Gasteiger partial charge in [-0.15, -0.1) is 0 Å². The molecule has 45 heavy (non-hydrogen) atoms. The van der Waals surface area contributed by atoms with E-state index in [0.717, 1.165) is 64.4 Å². The maximum absolute atomic E-state index is 13.2. The van der Waals surface area contributed by atoms with Gasteiger partial charge < -0.3 is 29.1 Å². The van der Waals surface area contributed by atoms with Gasteiger partial charge in [-0.3, -0.25) is 4.79 Å². The Balaban J connectivity index is 1.16. The van der Waals surface area contributed by atoms with Crippen LogP contribution in [-0.4, -0.2) is 91.7 Å². The van der Waals surface area contributed by atoms with Gasteiger partial charge >= 0.3 is 6.01 Å². The van der Waals surface area contributed by atoms with E-state index in [1.807, 2.05) is 39.9 Å². The van der Waals surface area contributed by atoms with E-state index < -0.39 is 0 Å². The number of phenols is 1. The van der Waals surface area contributed by atoms with Gasteiger partial charge in [0, 0.05) is 49.0 Å². The molecule has 1 amide bonds. The number of carbonyl (C=O) groups is 1. The molecule has 0 radical (unpaired) electrons. The highest BCUT2D eigenvalue weighted by Gasteiger charge is 2.43. The van der Waals surface area contributed by atoms with Gasteiger partial charge in [0.15, 0.2) is 0 Å². The van der Waals surface area contributed by atoms with Crippen LogP contribution in [0.3, 0.4) is 0 Å². The lowest BCUT2D eigenvalue weighted by Gasteiger charge is -2.42. The molecular weight excluding hydrogens is 566 g/mol. The number of nitrogens with zero attached hydrogens (tertiary/aromatic N) is 7. The van der Waals surface area contributed by atoms with Gasteiger partial charge in [0.1, 0.15) is 24.7 Å². The standard InChI is InChI=1S/C35H37N7O3/c1-39-13-4-6-27(39)21-45-35-37-32-16-24(31-17-28(43)15-23-5-2-3-7-29(23)31)8-11-30(32)34(38-35)42-25-9-10-26(42)19-41(18-25)33(44)20-40-14-12-36-22-40/h2-3,5,7-8,11-12,14-17,22,25-27,43H,4,6,9-10,13,18-21H2,1H3/t25-,26+,27-/m0/s1. The number of hydrogen-bond donors (Lipinski definition) is 1. The molecule has 3 saturated heterocycles. The molecular formula is C35H37N7O3. The molecule has 3 atom stereocenters. The zero-order valence-electron chi connectivity index (χ0n) is 25.4. The van der Waals surface area contributed by atoms with Crippen molar-refractivity contribution in [1.82, 2.24) is 29.3 Å². The van der Waals surface area contributed by atoms with Crippen molar-refractivity contribution in [3.05, 3.63) is 73.3 Å². The Bertz CT molecular complexity index is 1860. The molecule has 3 aromatic carbocycles. The Morgan fingerprint density at radius 2 is 1.84 bits per heavy atom. The normalized spacial score (nSPS) is 21.7. The summed E-state index contributed by atoms with van der Waals surface area (Å²) in [6.45, 7) is 3.24. The minimum absolute atomic E-state index is 0.116. The Morgan fingerprint density at radius 3 is 2.62 bits per heavy atom. The van der Waals surface area contributed by atoms with Crippen LogP contribution in [0.1, 0.15) is 25.7 Å². The predicted molar refractivity (Wildman–Crippen MR) is 173 cm³/mol. The fourth-order valence-electron chi connectivity index (χ4n) is 7.50. The van der Waals surface area contributed by atoms with Gasteiger partial charge in [-0.25, -0.2) is 4.98 Å². The maximum atomic E-state index is 13.2. The number of amides is 1. The molecule has 3 fully saturated rings. The van der Waals surface area contributed by atoms with Crippen molar-refractivity contribution in [3.8, 4) is 22.9 Å². The van der Waals surface area contributed by atoms with Crippen LogP contribution in [0.15, 0.2) is 73.3 Å². The zero-order chi connectivity index (χ0) is 30.5. The summed E-state index contributed by atoms with van der Waals surface area (Å²) < 4.78 is 8.17. The minimum Gasteiger partial charge on any atom is -0.508 e. The summed E-state index contributed by atoms with van der Waals surface area (Å²) in [4.78, 5) is 34.1. The Morgan fingerprint density at radius 1 is 1.00 bits per heavy atom. The monoisotopic (exact) mass is 603 g/mol. The van der Waals surface area contributed by atoms with Gasteiger partial charge in [0.2, 0.25) is 5.91 Å². The summed E-state index contributed by atoms with van der Waals surface area (Å²) in [7, 11) is 2.14.